The Bertz CT molecular complexity index is 350. The molecular formula is C34H71N. The third kappa shape index (κ3) is 26.8. The normalized spacial score (nSPS) is 11.8. The Morgan fingerprint density at radius 3 is 0.943 bits per heavy atom. The van der Waals surface area contributed by atoms with Crippen LogP contribution in [0.1, 0.15) is 195 Å². The third-order valence-corrected chi connectivity index (χ3v) is 8.29. The SMILES string of the molecule is CCCCCCCCC(CCCCCCCC)CCCCCCCN(CC)CCCCCCCC. The molecule has 0 aliphatic carbocycles. The van der Waals surface area contributed by atoms with E-state index < -0.39 is 0 Å². The fourth-order valence-corrected chi connectivity index (χ4v) is 5.70. The van der Waals surface area contributed by atoms with Crippen LogP contribution in [0.15, 0.2) is 0 Å². The van der Waals surface area contributed by atoms with Crippen LogP contribution in [-0.2, 0) is 0 Å². The van der Waals surface area contributed by atoms with Gasteiger partial charge in [0.05, 0.1) is 0 Å². The topological polar surface area (TPSA) is 3.24 Å². The first kappa shape index (κ1) is 35.0. The number of hydrogen-bond donors (Lipinski definition) is 0. The molecule has 0 radical (unpaired) electrons. The van der Waals surface area contributed by atoms with Gasteiger partial charge in [-0.25, -0.2) is 0 Å². The average molecular weight is 494 g/mol. The maximum Gasteiger partial charge on any atom is -0.00189 e. The van der Waals surface area contributed by atoms with Crippen molar-refractivity contribution in [1.82, 2.24) is 4.90 Å². The highest BCUT2D eigenvalue weighted by Gasteiger charge is 2.09. The van der Waals surface area contributed by atoms with Crippen molar-refractivity contribution >= 4 is 0 Å². The molecule has 212 valence electrons. The number of nitrogens with zero attached hydrogens (tertiary/aromatic N) is 1. The summed E-state index contributed by atoms with van der Waals surface area (Å²) in [6, 6.07) is 0. The molecule has 0 aromatic heterocycles. The van der Waals surface area contributed by atoms with Gasteiger partial charge in [0.2, 0.25) is 0 Å². The van der Waals surface area contributed by atoms with Crippen LogP contribution < -0.4 is 0 Å². The second-order valence-electron chi connectivity index (χ2n) is 11.7. The van der Waals surface area contributed by atoms with Crippen molar-refractivity contribution in [3.8, 4) is 0 Å². The fraction of sp³-hybridized carbons (Fsp3) is 1.00. The van der Waals surface area contributed by atoms with Gasteiger partial charge in [-0.2, -0.15) is 0 Å². The van der Waals surface area contributed by atoms with Crippen molar-refractivity contribution in [2.24, 2.45) is 5.92 Å². The number of hydrogen-bond acceptors (Lipinski definition) is 1. The monoisotopic (exact) mass is 494 g/mol. The first-order chi connectivity index (χ1) is 17.3. The fourth-order valence-electron chi connectivity index (χ4n) is 5.70. The third-order valence-electron chi connectivity index (χ3n) is 8.29. The summed E-state index contributed by atoms with van der Waals surface area (Å²) < 4.78 is 0. The Morgan fingerprint density at radius 1 is 0.343 bits per heavy atom. The van der Waals surface area contributed by atoms with Crippen molar-refractivity contribution in [2.45, 2.75) is 195 Å². The quantitative estimate of drug-likeness (QED) is 0.0899. The van der Waals surface area contributed by atoms with E-state index in [9.17, 15) is 0 Å². The summed E-state index contributed by atoms with van der Waals surface area (Å²) in [5.74, 6) is 1.03. The lowest BCUT2D eigenvalue weighted by atomic mass is 9.89. The van der Waals surface area contributed by atoms with Crippen LogP contribution in [0.2, 0.25) is 0 Å². The van der Waals surface area contributed by atoms with Crippen molar-refractivity contribution in [3.05, 3.63) is 0 Å². The Labute approximate surface area is 225 Å². The Hall–Kier alpha value is -0.0400. The zero-order chi connectivity index (χ0) is 25.7. The van der Waals surface area contributed by atoms with Crippen LogP contribution in [0.4, 0.5) is 0 Å². The van der Waals surface area contributed by atoms with E-state index in [4.69, 9.17) is 0 Å². The standard InChI is InChI=1S/C34H71N/c1-5-9-12-15-19-24-29-34(30-25-20-16-13-10-6-2)31-26-21-18-23-28-33-35(8-4)32-27-22-17-14-11-7-3/h34H,5-33H2,1-4H3. The Kier molecular flexibility index (Phi) is 30.2. The molecule has 0 rings (SSSR count). The van der Waals surface area contributed by atoms with Gasteiger partial charge in [-0.3, -0.25) is 0 Å². The minimum Gasteiger partial charge on any atom is -0.304 e. The molecule has 0 heterocycles. The lowest BCUT2D eigenvalue weighted by Gasteiger charge is -2.20. The Balaban J connectivity index is 3.88. The molecule has 1 nitrogen and oxygen atoms in total. The summed E-state index contributed by atoms with van der Waals surface area (Å²) in [6.07, 6.45) is 37.9. The second-order valence-corrected chi connectivity index (χ2v) is 11.7. The molecule has 0 aliphatic rings. The van der Waals surface area contributed by atoms with Crippen molar-refractivity contribution in [1.29, 1.82) is 0 Å². The highest BCUT2D eigenvalue weighted by atomic mass is 15.1. The first-order valence-electron chi connectivity index (χ1n) is 17.0. The van der Waals surface area contributed by atoms with Gasteiger partial charge in [-0.05, 0) is 38.4 Å². The molecule has 0 bridgehead atoms. The Morgan fingerprint density at radius 2 is 0.629 bits per heavy atom. The van der Waals surface area contributed by atoms with E-state index in [1.54, 1.807) is 0 Å². The van der Waals surface area contributed by atoms with Gasteiger partial charge in [-0.1, -0.05) is 182 Å². The molecule has 0 saturated heterocycles. The maximum atomic E-state index is 2.71. The van der Waals surface area contributed by atoms with Crippen LogP contribution in [0, 0.1) is 5.92 Å². The van der Waals surface area contributed by atoms with Gasteiger partial charge in [0, 0.05) is 0 Å². The molecule has 0 aromatic carbocycles. The van der Waals surface area contributed by atoms with Crippen molar-refractivity contribution in [2.75, 3.05) is 19.6 Å². The van der Waals surface area contributed by atoms with E-state index in [2.05, 4.69) is 32.6 Å². The summed E-state index contributed by atoms with van der Waals surface area (Å²) >= 11 is 0. The molecular weight excluding hydrogens is 422 g/mol. The van der Waals surface area contributed by atoms with Crippen molar-refractivity contribution in [3.63, 3.8) is 0 Å². The summed E-state index contributed by atoms with van der Waals surface area (Å²) in [5.41, 5.74) is 0. The number of unbranched alkanes of at least 4 members (excludes halogenated alkanes) is 19. The predicted molar refractivity (Wildman–Crippen MR) is 163 cm³/mol. The van der Waals surface area contributed by atoms with Gasteiger partial charge in [0.15, 0.2) is 0 Å². The summed E-state index contributed by atoms with van der Waals surface area (Å²) in [4.78, 5) is 2.71. The molecule has 0 fully saturated rings. The molecule has 0 spiro atoms. The lowest BCUT2D eigenvalue weighted by Crippen LogP contribution is -2.25. The molecule has 0 atom stereocenters. The maximum absolute atomic E-state index is 2.71. The minimum atomic E-state index is 1.03. The second kappa shape index (κ2) is 30.2. The summed E-state index contributed by atoms with van der Waals surface area (Å²) in [5, 5.41) is 0. The van der Waals surface area contributed by atoms with E-state index in [1.807, 2.05) is 0 Å². The molecule has 0 saturated carbocycles. The van der Waals surface area contributed by atoms with Gasteiger partial charge in [0.25, 0.3) is 0 Å². The number of rotatable bonds is 30. The highest BCUT2D eigenvalue weighted by molar-refractivity contribution is 4.63. The largest absolute Gasteiger partial charge is 0.304 e. The van der Waals surface area contributed by atoms with E-state index >= 15 is 0 Å². The molecule has 1 heteroatoms. The lowest BCUT2D eigenvalue weighted by molar-refractivity contribution is 0.273. The van der Waals surface area contributed by atoms with Crippen LogP contribution in [0.5, 0.6) is 0 Å². The summed E-state index contributed by atoms with van der Waals surface area (Å²) in [6.45, 7) is 13.2. The molecule has 0 N–H and O–H groups in total. The zero-order valence-electron chi connectivity index (χ0n) is 25.5. The van der Waals surface area contributed by atoms with Gasteiger partial charge in [-0.15, -0.1) is 0 Å². The van der Waals surface area contributed by atoms with E-state index in [0.29, 0.717) is 0 Å². The highest BCUT2D eigenvalue weighted by Crippen LogP contribution is 2.24. The molecule has 0 aromatic rings. The van der Waals surface area contributed by atoms with E-state index in [-0.39, 0.29) is 0 Å². The van der Waals surface area contributed by atoms with Crippen LogP contribution in [0.3, 0.4) is 0 Å². The van der Waals surface area contributed by atoms with Crippen LogP contribution >= 0.6 is 0 Å². The van der Waals surface area contributed by atoms with Gasteiger partial charge in [0.1, 0.15) is 0 Å². The molecule has 35 heavy (non-hydrogen) atoms. The van der Waals surface area contributed by atoms with E-state index in [1.165, 1.54) is 187 Å². The zero-order valence-corrected chi connectivity index (χ0v) is 25.5. The average Bonchev–Trinajstić information content (AvgIpc) is 2.87. The smallest absolute Gasteiger partial charge is 0.00189 e. The van der Waals surface area contributed by atoms with E-state index in [0.717, 1.165) is 5.92 Å². The van der Waals surface area contributed by atoms with Crippen LogP contribution in [-0.4, -0.2) is 24.5 Å². The van der Waals surface area contributed by atoms with Crippen LogP contribution in [0.25, 0.3) is 0 Å². The molecule has 0 amide bonds. The van der Waals surface area contributed by atoms with Gasteiger partial charge >= 0.3 is 0 Å². The molecule has 0 aliphatic heterocycles. The summed E-state index contributed by atoms with van der Waals surface area (Å²) in [7, 11) is 0. The molecule has 0 unspecified atom stereocenters. The minimum absolute atomic E-state index is 1.03. The predicted octanol–water partition coefficient (Wildman–Crippen LogP) is 12.1. The first-order valence-corrected chi connectivity index (χ1v) is 17.0. The van der Waals surface area contributed by atoms with Gasteiger partial charge < -0.3 is 4.90 Å². The van der Waals surface area contributed by atoms with Crippen molar-refractivity contribution < 1.29 is 0 Å².